The smallest absolute Gasteiger partial charge is 0.410 e. The topological polar surface area (TPSA) is 58.6 Å². The molecule has 0 aliphatic carbocycles. The van der Waals surface area contributed by atoms with Crippen LogP contribution in [0.2, 0.25) is 0 Å². The molecule has 0 aromatic heterocycles. The second kappa shape index (κ2) is 7.85. The normalized spacial score (nSPS) is 18.0. The van der Waals surface area contributed by atoms with Crippen molar-refractivity contribution >= 4 is 12.0 Å². The highest BCUT2D eigenvalue weighted by Gasteiger charge is 2.27. The number of likely N-dealkylation sites (tertiary alicyclic amines) is 1. The number of aryl methyl sites for hydroxylation is 1. The summed E-state index contributed by atoms with van der Waals surface area (Å²) in [6.45, 7) is 8.89. The molecule has 2 rings (SSSR count). The highest BCUT2D eigenvalue weighted by molar-refractivity contribution is 5.94. The molecular weight excluding hydrogens is 323 g/mol. The van der Waals surface area contributed by atoms with Crippen LogP contribution in [0, 0.1) is 18.7 Å². The first-order valence-electron chi connectivity index (χ1n) is 8.68. The van der Waals surface area contributed by atoms with Crippen molar-refractivity contribution in [2.75, 3.05) is 19.6 Å². The van der Waals surface area contributed by atoms with Crippen molar-refractivity contribution in [3.05, 3.63) is 35.1 Å². The number of ether oxygens (including phenoxy) is 1. The van der Waals surface area contributed by atoms with Crippen molar-refractivity contribution in [2.24, 2.45) is 5.92 Å². The van der Waals surface area contributed by atoms with Crippen LogP contribution in [0.5, 0.6) is 0 Å². The zero-order valence-electron chi connectivity index (χ0n) is 15.4. The number of hydrogen-bond donors (Lipinski definition) is 1. The number of nitrogens with zero attached hydrogens (tertiary/aromatic N) is 1. The standard InChI is InChI=1S/C19H27FN2O3/c1-13-10-15(7-8-16(13)20)17(23)21-11-14-6-5-9-22(12-14)18(24)25-19(2,3)4/h7-8,10,14H,5-6,9,11-12H2,1-4H3,(H,21,23). The Kier molecular flexibility index (Phi) is 6.03. The summed E-state index contributed by atoms with van der Waals surface area (Å²) in [6.07, 6.45) is 1.52. The number of nitrogens with one attached hydrogen (secondary N) is 1. The van der Waals surface area contributed by atoms with Crippen molar-refractivity contribution < 1.29 is 18.7 Å². The van der Waals surface area contributed by atoms with E-state index in [1.807, 2.05) is 20.8 Å². The summed E-state index contributed by atoms with van der Waals surface area (Å²) < 4.78 is 18.7. The molecule has 0 spiro atoms. The Hall–Kier alpha value is -2.11. The van der Waals surface area contributed by atoms with Crippen LogP contribution < -0.4 is 5.32 Å². The van der Waals surface area contributed by atoms with Crippen molar-refractivity contribution in [1.82, 2.24) is 10.2 Å². The van der Waals surface area contributed by atoms with Gasteiger partial charge in [0.05, 0.1) is 0 Å². The highest BCUT2D eigenvalue weighted by Crippen LogP contribution is 2.19. The summed E-state index contributed by atoms with van der Waals surface area (Å²) >= 11 is 0. The molecule has 1 aromatic rings. The first kappa shape index (κ1) is 19.2. The molecule has 5 nitrogen and oxygen atoms in total. The third kappa shape index (κ3) is 5.73. The van der Waals surface area contributed by atoms with E-state index in [0.29, 0.717) is 30.8 Å². The first-order chi connectivity index (χ1) is 11.7. The number of halogens is 1. The fourth-order valence-corrected chi connectivity index (χ4v) is 2.85. The van der Waals surface area contributed by atoms with Gasteiger partial charge in [0.2, 0.25) is 0 Å². The Morgan fingerprint density at radius 1 is 1.36 bits per heavy atom. The molecule has 25 heavy (non-hydrogen) atoms. The summed E-state index contributed by atoms with van der Waals surface area (Å²) in [4.78, 5) is 26.1. The van der Waals surface area contributed by atoms with Crippen LogP contribution in [0.25, 0.3) is 0 Å². The van der Waals surface area contributed by atoms with E-state index in [4.69, 9.17) is 4.74 Å². The van der Waals surface area contributed by atoms with Gasteiger partial charge in [0.15, 0.2) is 0 Å². The minimum Gasteiger partial charge on any atom is -0.444 e. The average Bonchev–Trinajstić information content (AvgIpc) is 2.54. The number of rotatable bonds is 3. The van der Waals surface area contributed by atoms with Crippen molar-refractivity contribution in [3.8, 4) is 0 Å². The molecule has 1 aliphatic rings. The first-order valence-corrected chi connectivity index (χ1v) is 8.68. The van der Waals surface area contributed by atoms with Gasteiger partial charge in [0, 0.05) is 25.2 Å². The second-order valence-electron chi connectivity index (χ2n) is 7.61. The predicted octanol–water partition coefficient (Wildman–Crippen LogP) is 3.51. The Balaban J connectivity index is 1.87. The summed E-state index contributed by atoms with van der Waals surface area (Å²) in [7, 11) is 0. The molecule has 1 fully saturated rings. The van der Waals surface area contributed by atoms with Gasteiger partial charge >= 0.3 is 6.09 Å². The lowest BCUT2D eigenvalue weighted by Crippen LogP contribution is -2.45. The summed E-state index contributed by atoms with van der Waals surface area (Å²) in [5.74, 6) is -0.360. The molecule has 138 valence electrons. The Morgan fingerprint density at radius 2 is 2.08 bits per heavy atom. The fraction of sp³-hybridized carbons (Fsp3) is 0.579. The number of carbonyl (C=O) groups is 2. The van der Waals surface area contributed by atoms with Crippen molar-refractivity contribution in [1.29, 1.82) is 0 Å². The molecule has 0 radical (unpaired) electrons. The van der Waals surface area contributed by atoms with E-state index < -0.39 is 5.60 Å². The molecule has 6 heteroatoms. The van der Waals surface area contributed by atoms with Gasteiger partial charge in [-0.05, 0) is 70.2 Å². The predicted molar refractivity (Wildman–Crippen MR) is 94.0 cm³/mol. The maximum atomic E-state index is 13.3. The van der Waals surface area contributed by atoms with Gasteiger partial charge in [-0.25, -0.2) is 9.18 Å². The molecule has 0 bridgehead atoms. The van der Waals surface area contributed by atoms with Gasteiger partial charge in [-0.1, -0.05) is 0 Å². The van der Waals surface area contributed by atoms with Crippen molar-refractivity contribution in [2.45, 2.75) is 46.1 Å². The number of hydrogen-bond acceptors (Lipinski definition) is 3. The van der Waals surface area contributed by atoms with Gasteiger partial charge in [-0.2, -0.15) is 0 Å². The van der Waals surface area contributed by atoms with E-state index in [9.17, 15) is 14.0 Å². The molecule has 1 aliphatic heterocycles. The van der Waals surface area contributed by atoms with E-state index in [0.717, 1.165) is 12.8 Å². The summed E-state index contributed by atoms with van der Waals surface area (Å²) in [6, 6.07) is 4.32. The van der Waals surface area contributed by atoms with Crippen molar-refractivity contribution in [3.63, 3.8) is 0 Å². The number of carbonyl (C=O) groups excluding carboxylic acids is 2. The maximum absolute atomic E-state index is 13.3. The van der Waals surface area contributed by atoms with Gasteiger partial charge in [-0.15, -0.1) is 0 Å². The lowest BCUT2D eigenvalue weighted by atomic mass is 9.98. The quantitative estimate of drug-likeness (QED) is 0.907. The molecular formula is C19H27FN2O3. The van der Waals surface area contributed by atoms with Crippen LogP contribution >= 0.6 is 0 Å². The largest absolute Gasteiger partial charge is 0.444 e. The van der Waals surface area contributed by atoms with Crippen LogP contribution in [0.15, 0.2) is 18.2 Å². The molecule has 1 unspecified atom stereocenters. The number of amides is 2. The lowest BCUT2D eigenvalue weighted by molar-refractivity contribution is 0.0167. The molecule has 1 saturated heterocycles. The Bertz CT molecular complexity index is 640. The van der Waals surface area contributed by atoms with E-state index in [-0.39, 0.29) is 23.7 Å². The highest BCUT2D eigenvalue weighted by atomic mass is 19.1. The monoisotopic (exact) mass is 350 g/mol. The fourth-order valence-electron chi connectivity index (χ4n) is 2.85. The zero-order valence-corrected chi connectivity index (χ0v) is 15.4. The zero-order chi connectivity index (χ0) is 18.6. The van der Waals surface area contributed by atoms with Crippen LogP contribution in [0.3, 0.4) is 0 Å². The van der Waals surface area contributed by atoms with Crippen LogP contribution in [0.4, 0.5) is 9.18 Å². The molecule has 1 N–H and O–H groups in total. The number of piperidine rings is 1. The van der Waals surface area contributed by atoms with Crippen LogP contribution in [-0.4, -0.2) is 42.1 Å². The third-order valence-electron chi connectivity index (χ3n) is 4.14. The molecule has 1 atom stereocenters. The minimum absolute atomic E-state index is 0.187. The molecule has 0 saturated carbocycles. The minimum atomic E-state index is -0.515. The van der Waals surface area contributed by atoms with Gasteiger partial charge in [0.1, 0.15) is 11.4 Å². The SMILES string of the molecule is Cc1cc(C(=O)NCC2CCCN(C(=O)OC(C)(C)C)C2)ccc1F. The van der Waals surface area contributed by atoms with E-state index in [1.54, 1.807) is 17.9 Å². The molecule has 1 heterocycles. The third-order valence-corrected chi connectivity index (χ3v) is 4.14. The van der Waals surface area contributed by atoms with Crippen LogP contribution in [-0.2, 0) is 4.74 Å². The summed E-state index contributed by atoms with van der Waals surface area (Å²) in [5.41, 5.74) is 0.374. The number of benzene rings is 1. The lowest BCUT2D eigenvalue weighted by Gasteiger charge is -2.34. The van der Waals surface area contributed by atoms with E-state index in [1.165, 1.54) is 12.1 Å². The van der Waals surface area contributed by atoms with Gasteiger partial charge in [-0.3, -0.25) is 4.79 Å². The Morgan fingerprint density at radius 3 is 2.72 bits per heavy atom. The van der Waals surface area contributed by atoms with Crippen LogP contribution in [0.1, 0.15) is 49.5 Å². The summed E-state index contributed by atoms with van der Waals surface area (Å²) in [5, 5.41) is 2.88. The van der Waals surface area contributed by atoms with E-state index >= 15 is 0 Å². The Labute approximate surface area is 148 Å². The maximum Gasteiger partial charge on any atom is 0.410 e. The van der Waals surface area contributed by atoms with Gasteiger partial charge < -0.3 is 15.0 Å². The van der Waals surface area contributed by atoms with Gasteiger partial charge in [0.25, 0.3) is 5.91 Å². The molecule has 2 amide bonds. The van der Waals surface area contributed by atoms with E-state index in [2.05, 4.69) is 5.32 Å². The second-order valence-corrected chi connectivity index (χ2v) is 7.61. The molecule has 1 aromatic carbocycles. The average molecular weight is 350 g/mol.